The van der Waals surface area contributed by atoms with Gasteiger partial charge in [0, 0.05) is 39.7 Å². The fraction of sp³-hybridized carbons (Fsp3) is 0.529. The molecule has 6 nitrogen and oxygen atoms in total. The normalized spacial score (nSPS) is 18.1. The van der Waals surface area contributed by atoms with E-state index in [-0.39, 0.29) is 12.5 Å². The average Bonchev–Trinajstić information content (AvgIpc) is 3.06. The standard InChI is InChI=1S/C17H26N4O2/c1-18-17(20-12-16(22)19-9-11-23-2)21-10-8-15(13-21)14-6-4-3-5-7-14/h3-7,15H,8-13H2,1-2H3,(H,18,20)(H,19,22). The van der Waals surface area contributed by atoms with Gasteiger partial charge in [-0.3, -0.25) is 9.79 Å². The largest absolute Gasteiger partial charge is 0.383 e. The number of hydrogen-bond acceptors (Lipinski definition) is 3. The van der Waals surface area contributed by atoms with Gasteiger partial charge in [0.25, 0.3) is 0 Å². The van der Waals surface area contributed by atoms with Gasteiger partial charge in [-0.25, -0.2) is 0 Å². The number of aliphatic imine (C=N–C) groups is 1. The second kappa shape index (κ2) is 9.15. The summed E-state index contributed by atoms with van der Waals surface area (Å²) < 4.78 is 4.91. The number of likely N-dealkylation sites (tertiary alicyclic amines) is 1. The van der Waals surface area contributed by atoms with Crippen molar-refractivity contribution >= 4 is 11.9 Å². The Morgan fingerprint density at radius 2 is 2.13 bits per heavy atom. The smallest absolute Gasteiger partial charge is 0.239 e. The van der Waals surface area contributed by atoms with E-state index in [0.29, 0.717) is 19.1 Å². The predicted octanol–water partition coefficient (Wildman–Crippen LogP) is 0.814. The molecule has 1 amide bonds. The number of carbonyl (C=O) groups is 1. The molecule has 1 aliphatic rings. The van der Waals surface area contributed by atoms with Crippen LogP contribution in [0, 0.1) is 0 Å². The molecule has 23 heavy (non-hydrogen) atoms. The summed E-state index contributed by atoms with van der Waals surface area (Å²) in [5.41, 5.74) is 1.36. The van der Waals surface area contributed by atoms with Crippen molar-refractivity contribution in [1.82, 2.24) is 15.5 Å². The van der Waals surface area contributed by atoms with Crippen LogP contribution in [-0.2, 0) is 9.53 Å². The molecule has 1 aliphatic heterocycles. The van der Waals surface area contributed by atoms with Gasteiger partial charge in [0.15, 0.2) is 5.96 Å². The molecule has 1 fully saturated rings. The van der Waals surface area contributed by atoms with E-state index in [2.05, 4.69) is 44.8 Å². The van der Waals surface area contributed by atoms with Gasteiger partial charge in [-0.05, 0) is 12.0 Å². The number of nitrogens with one attached hydrogen (secondary N) is 2. The first-order valence-corrected chi connectivity index (χ1v) is 8.00. The molecule has 0 radical (unpaired) electrons. The van der Waals surface area contributed by atoms with Crippen LogP contribution in [0.4, 0.5) is 0 Å². The van der Waals surface area contributed by atoms with Gasteiger partial charge in [0.05, 0.1) is 13.2 Å². The van der Waals surface area contributed by atoms with E-state index in [1.807, 2.05) is 6.07 Å². The zero-order chi connectivity index (χ0) is 16.5. The Balaban J connectivity index is 1.80. The lowest BCUT2D eigenvalue weighted by molar-refractivity contribution is -0.120. The predicted molar refractivity (Wildman–Crippen MR) is 91.6 cm³/mol. The Morgan fingerprint density at radius 1 is 1.35 bits per heavy atom. The lowest BCUT2D eigenvalue weighted by Crippen LogP contribution is -2.45. The van der Waals surface area contributed by atoms with Gasteiger partial charge < -0.3 is 20.3 Å². The van der Waals surface area contributed by atoms with Gasteiger partial charge in [-0.1, -0.05) is 30.3 Å². The van der Waals surface area contributed by atoms with Gasteiger partial charge in [0.2, 0.25) is 5.91 Å². The summed E-state index contributed by atoms with van der Waals surface area (Å²) in [5.74, 6) is 1.25. The van der Waals surface area contributed by atoms with Gasteiger partial charge in [-0.2, -0.15) is 0 Å². The molecule has 1 saturated heterocycles. The van der Waals surface area contributed by atoms with E-state index in [1.54, 1.807) is 14.2 Å². The summed E-state index contributed by atoms with van der Waals surface area (Å²) in [6.45, 7) is 3.14. The second-order valence-electron chi connectivity index (χ2n) is 5.59. The van der Waals surface area contributed by atoms with E-state index in [0.717, 1.165) is 25.5 Å². The number of hydrogen-bond donors (Lipinski definition) is 2. The van der Waals surface area contributed by atoms with Crippen molar-refractivity contribution < 1.29 is 9.53 Å². The fourth-order valence-corrected chi connectivity index (χ4v) is 2.80. The first-order chi connectivity index (χ1) is 11.2. The third-order valence-corrected chi connectivity index (χ3v) is 4.01. The Bertz CT molecular complexity index is 519. The molecule has 1 atom stereocenters. The number of guanidine groups is 1. The SMILES string of the molecule is CN=C(NCC(=O)NCCOC)N1CCC(c2ccccc2)C1. The second-order valence-corrected chi connectivity index (χ2v) is 5.59. The summed E-state index contributed by atoms with van der Waals surface area (Å²) in [4.78, 5) is 18.2. The van der Waals surface area contributed by atoms with Crippen LogP contribution in [0.15, 0.2) is 35.3 Å². The monoisotopic (exact) mass is 318 g/mol. The number of carbonyl (C=O) groups excluding carboxylic acids is 1. The maximum absolute atomic E-state index is 11.7. The number of amides is 1. The highest BCUT2D eigenvalue weighted by Gasteiger charge is 2.25. The fourth-order valence-electron chi connectivity index (χ4n) is 2.80. The summed E-state index contributed by atoms with van der Waals surface area (Å²) in [6, 6.07) is 10.5. The van der Waals surface area contributed by atoms with Crippen LogP contribution in [0.3, 0.4) is 0 Å². The first kappa shape index (κ1) is 17.3. The molecule has 126 valence electrons. The third-order valence-electron chi connectivity index (χ3n) is 4.01. The van der Waals surface area contributed by atoms with Gasteiger partial charge in [-0.15, -0.1) is 0 Å². The lowest BCUT2D eigenvalue weighted by atomic mass is 9.99. The summed E-state index contributed by atoms with van der Waals surface area (Å²) in [7, 11) is 3.36. The number of nitrogens with zero attached hydrogens (tertiary/aromatic N) is 2. The minimum Gasteiger partial charge on any atom is -0.383 e. The summed E-state index contributed by atoms with van der Waals surface area (Å²) in [6.07, 6.45) is 1.10. The molecule has 0 aromatic heterocycles. The molecular formula is C17H26N4O2. The molecule has 1 unspecified atom stereocenters. The van der Waals surface area contributed by atoms with Gasteiger partial charge >= 0.3 is 0 Å². The van der Waals surface area contributed by atoms with Crippen LogP contribution in [0.5, 0.6) is 0 Å². The number of benzene rings is 1. The Morgan fingerprint density at radius 3 is 2.83 bits per heavy atom. The molecule has 0 bridgehead atoms. The van der Waals surface area contributed by atoms with Crippen LogP contribution in [-0.4, -0.2) is 63.7 Å². The Labute approximate surface area is 137 Å². The van der Waals surface area contributed by atoms with Crippen LogP contribution < -0.4 is 10.6 Å². The van der Waals surface area contributed by atoms with Crippen LogP contribution in [0.25, 0.3) is 0 Å². The molecule has 1 aromatic carbocycles. The number of ether oxygens (including phenoxy) is 1. The molecule has 2 N–H and O–H groups in total. The van der Waals surface area contributed by atoms with Crippen molar-refractivity contribution in [3.8, 4) is 0 Å². The van der Waals surface area contributed by atoms with E-state index in [1.165, 1.54) is 5.56 Å². The summed E-state index contributed by atoms with van der Waals surface area (Å²) >= 11 is 0. The van der Waals surface area contributed by atoms with Gasteiger partial charge in [0.1, 0.15) is 0 Å². The molecule has 2 rings (SSSR count). The van der Waals surface area contributed by atoms with Crippen molar-refractivity contribution in [2.45, 2.75) is 12.3 Å². The third kappa shape index (κ3) is 5.25. The molecule has 0 saturated carbocycles. The minimum atomic E-state index is -0.0537. The van der Waals surface area contributed by atoms with Crippen LogP contribution in [0.1, 0.15) is 17.9 Å². The molecule has 1 heterocycles. The van der Waals surface area contributed by atoms with Crippen LogP contribution in [0.2, 0.25) is 0 Å². The Hall–Kier alpha value is -2.08. The molecule has 1 aromatic rings. The zero-order valence-electron chi connectivity index (χ0n) is 13.9. The molecular weight excluding hydrogens is 292 g/mol. The van der Waals surface area contributed by atoms with E-state index < -0.39 is 0 Å². The highest BCUT2D eigenvalue weighted by atomic mass is 16.5. The first-order valence-electron chi connectivity index (χ1n) is 8.00. The zero-order valence-corrected chi connectivity index (χ0v) is 13.9. The summed E-state index contributed by atoms with van der Waals surface area (Å²) in [5, 5.41) is 5.92. The lowest BCUT2D eigenvalue weighted by Gasteiger charge is -2.21. The Kier molecular flexibility index (Phi) is 6.87. The maximum Gasteiger partial charge on any atom is 0.239 e. The van der Waals surface area contributed by atoms with Crippen molar-refractivity contribution in [2.24, 2.45) is 4.99 Å². The highest BCUT2D eigenvalue weighted by molar-refractivity contribution is 5.86. The highest BCUT2D eigenvalue weighted by Crippen LogP contribution is 2.26. The molecule has 0 aliphatic carbocycles. The number of methoxy groups -OCH3 is 1. The van der Waals surface area contributed by atoms with E-state index in [9.17, 15) is 4.79 Å². The maximum atomic E-state index is 11.7. The van der Waals surface area contributed by atoms with E-state index in [4.69, 9.17) is 4.74 Å². The minimum absolute atomic E-state index is 0.0537. The van der Waals surface area contributed by atoms with E-state index >= 15 is 0 Å². The molecule has 0 spiro atoms. The van der Waals surface area contributed by atoms with Crippen molar-refractivity contribution in [2.75, 3.05) is 46.9 Å². The van der Waals surface area contributed by atoms with Crippen LogP contribution >= 0.6 is 0 Å². The van der Waals surface area contributed by atoms with Crippen molar-refractivity contribution in [3.63, 3.8) is 0 Å². The number of rotatable bonds is 6. The molecule has 6 heteroatoms. The average molecular weight is 318 g/mol. The topological polar surface area (TPSA) is 66.0 Å². The van der Waals surface area contributed by atoms with Crippen molar-refractivity contribution in [3.05, 3.63) is 35.9 Å². The van der Waals surface area contributed by atoms with Crippen molar-refractivity contribution in [1.29, 1.82) is 0 Å². The quantitative estimate of drug-likeness (QED) is 0.463.